The van der Waals surface area contributed by atoms with E-state index in [0.717, 1.165) is 39.1 Å². The molecule has 0 spiro atoms. The summed E-state index contributed by atoms with van der Waals surface area (Å²) in [5, 5.41) is 1.27. The number of allylic oxidation sites excluding steroid dienone is 1. The number of thiophene rings is 1. The molecule has 0 unspecified atom stereocenters. The molecule has 3 aromatic heterocycles. The average molecular weight is 363 g/mol. The molecule has 0 radical (unpaired) electrons. The predicted octanol–water partition coefficient (Wildman–Crippen LogP) is 3.43. The zero-order valence-electron chi connectivity index (χ0n) is 15.0. The van der Waals surface area contributed by atoms with Gasteiger partial charge in [0.1, 0.15) is 0 Å². The Balaban J connectivity index is 1.42. The van der Waals surface area contributed by atoms with Crippen LogP contribution in [0.4, 0.5) is 0 Å². The fraction of sp³-hybridized carbons (Fsp3) is 0.333. The molecule has 132 valence electrons. The van der Waals surface area contributed by atoms with Gasteiger partial charge in [0.25, 0.3) is 0 Å². The molecule has 1 fully saturated rings. The lowest BCUT2D eigenvalue weighted by atomic mass is 10.1. The molecule has 3 aromatic rings. The summed E-state index contributed by atoms with van der Waals surface area (Å²) in [6.07, 6.45) is 9.16. The highest BCUT2D eigenvalue weighted by atomic mass is 32.1. The molecule has 0 aromatic carbocycles. The van der Waals surface area contributed by atoms with E-state index >= 15 is 0 Å². The maximum absolute atomic E-state index is 4.77. The molecule has 1 saturated heterocycles. The van der Waals surface area contributed by atoms with E-state index in [1.54, 1.807) is 0 Å². The average Bonchev–Trinajstić information content (AvgIpc) is 3.26. The first-order chi connectivity index (χ1) is 12.8. The third-order valence-corrected chi connectivity index (χ3v) is 6.53. The van der Waals surface area contributed by atoms with Crippen molar-refractivity contribution in [3.05, 3.63) is 64.6 Å². The lowest BCUT2D eigenvalue weighted by molar-refractivity contribution is 0.148. The van der Waals surface area contributed by atoms with Crippen LogP contribution in [0.2, 0.25) is 0 Å². The molecule has 0 amide bonds. The third kappa shape index (κ3) is 2.96. The summed E-state index contributed by atoms with van der Waals surface area (Å²) in [7, 11) is 2.20. The van der Waals surface area contributed by atoms with Crippen molar-refractivity contribution in [2.75, 3.05) is 33.2 Å². The van der Waals surface area contributed by atoms with Gasteiger partial charge in [-0.1, -0.05) is 6.08 Å². The van der Waals surface area contributed by atoms with Crippen molar-refractivity contribution in [3.63, 3.8) is 0 Å². The molecule has 4 heterocycles. The van der Waals surface area contributed by atoms with E-state index in [9.17, 15) is 0 Å². The summed E-state index contributed by atoms with van der Waals surface area (Å²) in [4.78, 5) is 15.3. The lowest BCUT2D eigenvalue weighted by Gasteiger charge is -2.32. The SMILES string of the molecule is CN1CCN(Cc2cnc3c(c2)C(c2cc4ccncc4s2)=CC3)CC1. The molecule has 0 N–H and O–H groups in total. The second kappa shape index (κ2) is 6.58. The Morgan fingerprint density at radius 1 is 1.12 bits per heavy atom. The monoisotopic (exact) mass is 362 g/mol. The molecule has 1 aliphatic heterocycles. The van der Waals surface area contributed by atoms with Gasteiger partial charge in [0.15, 0.2) is 0 Å². The minimum absolute atomic E-state index is 0.936. The Labute approximate surface area is 157 Å². The van der Waals surface area contributed by atoms with Gasteiger partial charge in [-0.3, -0.25) is 14.9 Å². The predicted molar refractivity (Wildman–Crippen MR) is 107 cm³/mol. The molecule has 5 heteroatoms. The van der Waals surface area contributed by atoms with Crippen molar-refractivity contribution in [3.8, 4) is 0 Å². The molecular formula is C21H22N4S. The topological polar surface area (TPSA) is 32.3 Å². The molecule has 1 aliphatic carbocycles. The second-order valence-electron chi connectivity index (χ2n) is 7.26. The summed E-state index contributed by atoms with van der Waals surface area (Å²) in [6.45, 7) is 5.58. The number of nitrogens with zero attached hydrogens (tertiary/aromatic N) is 4. The van der Waals surface area contributed by atoms with Gasteiger partial charge < -0.3 is 4.90 Å². The summed E-state index contributed by atoms with van der Waals surface area (Å²) >= 11 is 1.83. The van der Waals surface area contributed by atoms with E-state index in [2.05, 4.69) is 52.3 Å². The molecular weight excluding hydrogens is 340 g/mol. The van der Waals surface area contributed by atoms with Gasteiger partial charge in [-0.2, -0.15) is 0 Å². The molecule has 26 heavy (non-hydrogen) atoms. The van der Waals surface area contributed by atoms with Crippen molar-refractivity contribution in [2.45, 2.75) is 13.0 Å². The number of pyridine rings is 2. The standard InChI is InChI=1S/C21H22N4S/c1-24-6-8-25(9-7-24)14-15-10-18-17(2-3-19(18)23-12-15)20-11-16-4-5-22-13-21(16)26-20/h2,4-5,10-13H,3,6-9,14H2,1H3. The number of fused-ring (bicyclic) bond motifs is 2. The smallest absolute Gasteiger partial charge is 0.0532 e. The van der Waals surface area contributed by atoms with Crippen LogP contribution in [-0.2, 0) is 13.0 Å². The molecule has 2 aliphatic rings. The number of hydrogen-bond acceptors (Lipinski definition) is 5. The summed E-state index contributed by atoms with van der Waals surface area (Å²) in [6, 6.07) is 6.74. The Morgan fingerprint density at radius 3 is 2.85 bits per heavy atom. The third-order valence-electron chi connectivity index (χ3n) is 5.41. The normalized spacial score (nSPS) is 18.3. The van der Waals surface area contributed by atoms with Gasteiger partial charge in [0, 0.05) is 68.2 Å². The van der Waals surface area contributed by atoms with E-state index in [1.165, 1.54) is 37.4 Å². The Morgan fingerprint density at radius 2 is 2.00 bits per heavy atom. The summed E-state index contributed by atoms with van der Waals surface area (Å²) in [5.41, 5.74) is 5.19. The van der Waals surface area contributed by atoms with Crippen molar-refractivity contribution in [2.24, 2.45) is 0 Å². The van der Waals surface area contributed by atoms with Gasteiger partial charge in [-0.15, -0.1) is 11.3 Å². The van der Waals surface area contributed by atoms with Crippen LogP contribution in [0.25, 0.3) is 15.7 Å². The molecule has 5 rings (SSSR count). The molecule has 4 nitrogen and oxygen atoms in total. The van der Waals surface area contributed by atoms with E-state index < -0.39 is 0 Å². The van der Waals surface area contributed by atoms with Crippen LogP contribution in [0.1, 0.15) is 21.7 Å². The maximum Gasteiger partial charge on any atom is 0.0532 e. The summed E-state index contributed by atoms with van der Waals surface area (Å²) < 4.78 is 1.25. The van der Waals surface area contributed by atoms with Crippen LogP contribution in [0.3, 0.4) is 0 Å². The van der Waals surface area contributed by atoms with Crippen molar-refractivity contribution in [1.29, 1.82) is 0 Å². The second-order valence-corrected chi connectivity index (χ2v) is 8.35. The van der Waals surface area contributed by atoms with Gasteiger partial charge in [-0.05, 0) is 41.8 Å². The first-order valence-corrected chi connectivity index (χ1v) is 10.0. The Kier molecular flexibility index (Phi) is 4.08. The van der Waals surface area contributed by atoms with E-state index in [0.29, 0.717) is 0 Å². The number of likely N-dealkylation sites (N-methyl/N-ethyl adjacent to an activating group) is 1. The Bertz CT molecular complexity index is 950. The van der Waals surface area contributed by atoms with E-state index in [4.69, 9.17) is 4.98 Å². The van der Waals surface area contributed by atoms with Crippen LogP contribution < -0.4 is 0 Å². The lowest BCUT2D eigenvalue weighted by Crippen LogP contribution is -2.43. The molecule has 0 bridgehead atoms. The highest BCUT2D eigenvalue weighted by molar-refractivity contribution is 7.20. The van der Waals surface area contributed by atoms with Gasteiger partial charge >= 0.3 is 0 Å². The highest BCUT2D eigenvalue weighted by Gasteiger charge is 2.20. The fourth-order valence-corrected chi connectivity index (χ4v) is 4.93. The van der Waals surface area contributed by atoms with Crippen LogP contribution >= 0.6 is 11.3 Å². The van der Waals surface area contributed by atoms with Crippen LogP contribution in [0.5, 0.6) is 0 Å². The first-order valence-electron chi connectivity index (χ1n) is 9.19. The van der Waals surface area contributed by atoms with Crippen molar-refractivity contribution < 1.29 is 0 Å². The van der Waals surface area contributed by atoms with Crippen molar-refractivity contribution >= 4 is 27.0 Å². The summed E-state index contributed by atoms with van der Waals surface area (Å²) in [5.74, 6) is 0. The zero-order valence-corrected chi connectivity index (χ0v) is 15.8. The number of aromatic nitrogens is 2. The van der Waals surface area contributed by atoms with Crippen LogP contribution in [0, 0.1) is 0 Å². The minimum atomic E-state index is 0.936. The number of hydrogen-bond donors (Lipinski definition) is 0. The number of rotatable bonds is 3. The molecule has 0 atom stereocenters. The quantitative estimate of drug-likeness (QED) is 0.715. The van der Waals surface area contributed by atoms with Gasteiger partial charge in [-0.25, -0.2) is 0 Å². The largest absolute Gasteiger partial charge is 0.304 e. The number of piperazine rings is 1. The molecule has 0 saturated carbocycles. The van der Waals surface area contributed by atoms with Gasteiger partial charge in [0.05, 0.1) is 10.4 Å². The fourth-order valence-electron chi connectivity index (χ4n) is 3.84. The van der Waals surface area contributed by atoms with Gasteiger partial charge in [0.2, 0.25) is 0 Å². The first kappa shape index (κ1) is 16.1. The highest BCUT2D eigenvalue weighted by Crippen LogP contribution is 2.38. The van der Waals surface area contributed by atoms with Crippen LogP contribution in [0.15, 0.2) is 42.9 Å². The minimum Gasteiger partial charge on any atom is -0.304 e. The van der Waals surface area contributed by atoms with E-state index in [1.807, 2.05) is 23.7 Å². The van der Waals surface area contributed by atoms with E-state index in [-0.39, 0.29) is 0 Å². The van der Waals surface area contributed by atoms with Crippen molar-refractivity contribution in [1.82, 2.24) is 19.8 Å². The Hall–Kier alpha value is -2.08. The zero-order chi connectivity index (χ0) is 17.5. The van der Waals surface area contributed by atoms with Crippen LogP contribution in [-0.4, -0.2) is 53.0 Å². The maximum atomic E-state index is 4.77.